The molecule has 2 rings (SSSR count). The fourth-order valence-electron chi connectivity index (χ4n) is 1.76. The Morgan fingerprint density at radius 2 is 2.06 bits per heavy atom. The van der Waals surface area contributed by atoms with Crippen molar-refractivity contribution in [2.45, 2.75) is 6.54 Å². The van der Waals surface area contributed by atoms with E-state index in [4.69, 9.17) is 4.74 Å². The average molecular weight is 246 g/mol. The third-order valence-corrected chi connectivity index (χ3v) is 2.70. The molecule has 2 heterocycles. The second kappa shape index (κ2) is 6.88. The first kappa shape index (κ1) is 12.7. The van der Waals surface area contributed by atoms with Crippen LogP contribution in [0.25, 0.3) is 11.3 Å². The number of imidazole rings is 1. The number of ether oxygens (including phenoxy) is 1. The molecule has 0 bridgehead atoms. The predicted molar refractivity (Wildman–Crippen MR) is 70.2 cm³/mol. The van der Waals surface area contributed by atoms with Gasteiger partial charge in [0.15, 0.2) is 0 Å². The van der Waals surface area contributed by atoms with Crippen LogP contribution in [0.4, 0.5) is 0 Å². The molecule has 1 N–H and O–H groups in total. The molecular weight excluding hydrogens is 228 g/mol. The number of nitrogens with one attached hydrogen (secondary N) is 1. The number of hydrogen-bond acceptors (Lipinski definition) is 4. The van der Waals surface area contributed by atoms with Crippen molar-refractivity contribution in [3.8, 4) is 11.3 Å². The monoisotopic (exact) mass is 246 g/mol. The van der Waals surface area contributed by atoms with Gasteiger partial charge in [0.1, 0.15) is 0 Å². The minimum Gasteiger partial charge on any atom is -0.383 e. The number of hydrogen-bond donors (Lipinski definition) is 1. The van der Waals surface area contributed by atoms with Crippen molar-refractivity contribution in [1.82, 2.24) is 19.9 Å². The zero-order valence-corrected chi connectivity index (χ0v) is 10.5. The molecule has 2 aromatic heterocycles. The van der Waals surface area contributed by atoms with Gasteiger partial charge >= 0.3 is 0 Å². The van der Waals surface area contributed by atoms with Crippen LogP contribution in [-0.2, 0) is 11.3 Å². The van der Waals surface area contributed by atoms with Crippen LogP contribution >= 0.6 is 0 Å². The molecule has 0 aliphatic heterocycles. The summed E-state index contributed by atoms with van der Waals surface area (Å²) >= 11 is 0. The summed E-state index contributed by atoms with van der Waals surface area (Å²) in [6.07, 6.45) is 7.32. The van der Waals surface area contributed by atoms with E-state index in [9.17, 15) is 0 Å². The van der Waals surface area contributed by atoms with Crippen LogP contribution in [-0.4, -0.2) is 41.3 Å². The first-order chi connectivity index (χ1) is 8.92. The van der Waals surface area contributed by atoms with Crippen LogP contribution in [0, 0.1) is 0 Å². The molecule has 5 heteroatoms. The van der Waals surface area contributed by atoms with Gasteiger partial charge in [-0.3, -0.25) is 4.98 Å². The number of nitrogens with zero attached hydrogens (tertiary/aromatic N) is 3. The fourth-order valence-corrected chi connectivity index (χ4v) is 1.76. The maximum atomic E-state index is 4.98. The topological polar surface area (TPSA) is 52.0 Å². The molecule has 18 heavy (non-hydrogen) atoms. The van der Waals surface area contributed by atoms with Crippen molar-refractivity contribution in [2.75, 3.05) is 26.8 Å². The molecular formula is C13H18N4O. The maximum absolute atomic E-state index is 4.98. The predicted octanol–water partition coefficient (Wildman–Crippen LogP) is 1.18. The number of methoxy groups -OCH3 is 1. The van der Waals surface area contributed by atoms with E-state index in [0.717, 1.165) is 37.5 Å². The summed E-state index contributed by atoms with van der Waals surface area (Å²) in [6, 6.07) is 3.98. The largest absolute Gasteiger partial charge is 0.383 e. The summed E-state index contributed by atoms with van der Waals surface area (Å²) in [7, 11) is 1.71. The molecule has 2 aromatic rings. The molecule has 96 valence electrons. The Labute approximate surface area is 107 Å². The van der Waals surface area contributed by atoms with Gasteiger partial charge in [-0.25, -0.2) is 4.98 Å². The molecule has 0 saturated carbocycles. The Morgan fingerprint density at radius 3 is 2.83 bits per heavy atom. The lowest BCUT2D eigenvalue weighted by atomic mass is 10.2. The second-order valence-electron chi connectivity index (χ2n) is 3.95. The molecule has 5 nitrogen and oxygen atoms in total. The van der Waals surface area contributed by atoms with Gasteiger partial charge in [-0.15, -0.1) is 0 Å². The van der Waals surface area contributed by atoms with Crippen molar-refractivity contribution in [3.05, 3.63) is 37.1 Å². The van der Waals surface area contributed by atoms with E-state index in [1.54, 1.807) is 19.5 Å². The molecule has 0 spiro atoms. The Kier molecular flexibility index (Phi) is 4.87. The summed E-state index contributed by atoms with van der Waals surface area (Å²) < 4.78 is 7.12. The van der Waals surface area contributed by atoms with E-state index in [-0.39, 0.29) is 0 Å². The van der Waals surface area contributed by atoms with Crippen LogP contribution in [0.15, 0.2) is 37.1 Å². The van der Waals surface area contributed by atoms with E-state index in [1.807, 2.05) is 24.7 Å². The minimum atomic E-state index is 0.737. The van der Waals surface area contributed by atoms with Gasteiger partial charge in [-0.05, 0) is 12.1 Å². The smallest absolute Gasteiger partial charge is 0.0951 e. The van der Waals surface area contributed by atoms with Crippen LogP contribution in [0.5, 0.6) is 0 Å². The third-order valence-electron chi connectivity index (χ3n) is 2.70. The Hall–Kier alpha value is -1.72. The molecule has 0 radical (unpaired) electrons. The molecule has 0 amide bonds. The van der Waals surface area contributed by atoms with E-state index < -0.39 is 0 Å². The highest BCUT2D eigenvalue weighted by Crippen LogP contribution is 2.17. The number of rotatable bonds is 7. The van der Waals surface area contributed by atoms with Gasteiger partial charge in [0.05, 0.1) is 24.8 Å². The van der Waals surface area contributed by atoms with Gasteiger partial charge in [0.2, 0.25) is 0 Å². The highest BCUT2D eigenvalue weighted by Gasteiger charge is 2.03. The highest BCUT2D eigenvalue weighted by molar-refractivity contribution is 5.57. The summed E-state index contributed by atoms with van der Waals surface area (Å²) in [5, 5.41) is 3.32. The summed E-state index contributed by atoms with van der Waals surface area (Å²) in [4.78, 5) is 8.23. The van der Waals surface area contributed by atoms with Gasteiger partial charge in [-0.2, -0.15) is 0 Å². The maximum Gasteiger partial charge on any atom is 0.0951 e. The number of pyridine rings is 1. The van der Waals surface area contributed by atoms with Crippen molar-refractivity contribution in [1.29, 1.82) is 0 Å². The summed E-state index contributed by atoms with van der Waals surface area (Å²) in [5.74, 6) is 0. The van der Waals surface area contributed by atoms with Crippen LogP contribution in [0.3, 0.4) is 0 Å². The molecule has 0 aliphatic rings. The first-order valence-corrected chi connectivity index (χ1v) is 6.02. The quantitative estimate of drug-likeness (QED) is 0.745. The minimum absolute atomic E-state index is 0.737. The first-order valence-electron chi connectivity index (χ1n) is 6.02. The normalized spacial score (nSPS) is 10.7. The zero-order valence-electron chi connectivity index (χ0n) is 10.5. The van der Waals surface area contributed by atoms with Crippen molar-refractivity contribution >= 4 is 0 Å². The molecule has 0 atom stereocenters. The third kappa shape index (κ3) is 3.38. The van der Waals surface area contributed by atoms with E-state index in [1.165, 1.54) is 0 Å². The van der Waals surface area contributed by atoms with Gasteiger partial charge in [-0.1, -0.05) is 0 Å². The molecule has 0 aliphatic carbocycles. The lowest BCUT2D eigenvalue weighted by Crippen LogP contribution is -2.23. The Morgan fingerprint density at radius 1 is 1.22 bits per heavy atom. The van der Waals surface area contributed by atoms with E-state index in [0.29, 0.717) is 0 Å². The SMILES string of the molecule is COCCNCCn1cncc1-c1ccncc1. The van der Waals surface area contributed by atoms with Crippen molar-refractivity contribution < 1.29 is 4.74 Å². The molecule has 0 saturated heterocycles. The molecule has 0 aromatic carbocycles. The molecule has 0 unspecified atom stereocenters. The highest BCUT2D eigenvalue weighted by atomic mass is 16.5. The summed E-state index contributed by atoms with van der Waals surface area (Å²) in [6.45, 7) is 3.40. The van der Waals surface area contributed by atoms with Crippen LogP contribution in [0.2, 0.25) is 0 Å². The van der Waals surface area contributed by atoms with Crippen molar-refractivity contribution in [2.24, 2.45) is 0 Å². The Balaban J connectivity index is 1.92. The molecule has 0 fully saturated rings. The zero-order chi connectivity index (χ0) is 12.6. The summed E-state index contributed by atoms with van der Waals surface area (Å²) in [5.41, 5.74) is 2.25. The lowest BCUT2D eigenvalue weighted by molar-refractivity contribution is 0.199. The second-order valence-corrected chi connectivity index (χ2v) is 3.95. The Bertz CT molecular complexity index is 455. The lowest BCUT2D eigenvalue weighted by Gasteiger charge is -2.09. The van der Waals surface area contributed by atoms with E-state index >= 15 is 0 Å². The van der Waals surface area contributed by atoms with Crippen molar-refractivity contribution in [3.63, 3.8) is 0 Å². The van der Waals surface area contributed by atoms with Crippen LogP contribution < -0.4 is 5.32 Å². The standard InChI is InChI=1S/C13H18N4O/c1-18-9-7-15-6-8-17-11-16-10-13(17)12-2-4-14-5-3-12/h2-5,10-11,15H,6-9H2,1H3. The average Bonchev–Trinajstić information content (AvgIpc) is 2.88. The number of aromatic nitrogens is 3. The van der Waals surface area contributed by atoms with Gasteiger partial charge < -0.3 is 14.6 Å². The fraction of sp³-hybridized carbons (Fsp3) is 0.385. The van der Waals surface area contributed by atoms with E-state index in [2.05, 4.69) is 19.9 Å². The van der Waals surface area contributed by atoms with Gasteiger partial charge in [0, 0.05) is 44.7 Å². The van der Waals surface area contributed by atoms with Gasteiger partial charge in [0.25, 0.3) is 0 Å². The van der Waals surface area contributed by atoms with Crippen LogP contribution in [0.1, 0.15) is 0 Å².